The van der Waals surface area contributed by atoms with E-state index in [2.05, 4.69) is 0 Å². The van der Waals surface area contributed by atoms with Gasteiger partial charge in [0.25, 0.3) is 5.56 Å². The minimum absolute atomic E-state index is 0.00682. The number of halogens is 1. The van der Waals surface area contributed by atoms with Gasteiger partial charge in [-0.2, -0.15) is 0 Å². The number of nitrogens with zero attached hydrogens (tertiary/aromatic N) is 1. The van der Waals surface area contributed by atoms with Crippen LogP contribution >= 0.6 is 11.6 Å². The van der Waals surface area contributed by atoms with Crippen LogP contribution in [0.4, 0.5) is 0 Å². The first-order chi connectivity index (χ1) is 14.8. The SMILES string of the molecule is CC(C)C1Oc2cc(OCC3COC3)c(Cl)cc2-c2c1cc(C(=O)O)c(=O)n2C1CC1. The molecule has 1 atom stereocenters. The lowest BCUT2D eigenvalue weighted by molar-refractivity contribution is -0.0508. The Labute approximate surface area is 184 Å². The number of aromatic carboxylic acids is 1. The molecule has 1 aromatic carbocycles. The number of rotatable bonds is 6. The van der Waals surface area contributed by atoms with Crippen molar-refractivity contribution in [3.63, 3.8) is 0 Å². The van der Waals surface area contributed by atoms with Gasteiger partial charge in [0.15, 0.2) is 0 Å². The number of hydrogen-bond acceptors (Lipinski definition) is 5. The van der Waals surface area contributed by atoms with Gasteiger partial charge >= 0.3 is 5.97 Å². The topological polar surface area (TPSA) is 87.0 Å². The third-order valence-corrected chi connectivity index (χ3v) is 6.34. The molecule has 2 aliphatic heterocycles. The number of pyridine rings is 1. The zero-order valence-electron chi connectivity index (χ0n) is 17.4. The second-order valence-electron chi connectivity index (χ2n) is 8.85. The van der Waals surface area contributed by atoms with Gasteiger partial charge in [0.2, 0.25) is 0 Å². The molecule has 3 aliphatic rings. The molecule has 31 heavy (non-hydrogen) atoms. The van der Waals surface area contributed by atoms with Gasteiger partial charge in [-0.25, -0.2) is 4.79 Å². The van der Waals surface area contributed by atoms with E-state index in [4.69, 9.17) is 25.8 Å². The number of aromatic nitrogens is 1. The van der Waals surface area contributed by atoms with Crippen molar-refractivity contribution >= 4 is 17.6 Å². The van der Waals surface area contributed by atoms with E-state index in [1.807, 2.05) is 13.8 Å². The number of carboxylic acid groups (broad SMARTS) is 1. The van der Waals surface area contributed by atoms with E-state index in [1.165, 1.54) is 6.07 Å². The van der Waals surface area contributed by atoms with Crippen LogP contribution in [0.5, 0.6) is 11.5 Å². The van der Waals surface area contributed by atoms with E-state index < -0.39 is 11.5 Å². The highest BCUT2D eigenvalue weighted by atomic mass is 35.5. The number of carbonyl (C=O) groups is 1. The Morgan fingerprint density at radius 2 is 2.03 bits per heavy atom. The van der Waals surface area contributed by atoms with Crippen molar-refractivity contribution in [1.82, 2.24) is 4.57 Å². The Morgan fingerprint density at radius 3 is 2.61 bits per heavy atom. The lowest BCUT2D eigenvalue weighted by Gasteiger charge is -2.34. The van der Waals surface area contributed by atoms with Crippen molar-refractivity contribution in [3.8, 4) is 22.8 Å². The van der Waals surface area contributed by atoms with Gasteiger partial charge in [-0.1, -0.05) is 25.4 Å². The highest BCUT2D eigenvalue weighted by Crippen LogP contribution is 2.50. The molecule has 0 radical (unpaired) electrons. The lowest BCUT2D eigenvalue weighted by Crippen LogP contribution is -2.33. The minimum Gasteiger partial charge on any atom is -0.491 e. The largest absolute Gasteiger partial charge is 0.491 e. The monoisotopic (exact) mass is 445 g/mol. The first-order valence-electron chi connectivity index (χ1n) is 10.6. The van der Waals surface area contributed by atoms with E-state index in [1.54, 1.807) is 16.7 Å². The summed E-state index contributed by atoms with van der Waals surface area (Å²) >= 11 is 6.55. The molecule has 8 heteroatoms. The van der Waals surface area contributed by atoms with Gasteiger partial charge in [-0.3, -0.25) is 4.79 Å². The van der Waals surface area contributed by atoms with Crippen molar-refractivity contribution in [3.05, 3.63) is 44.7 Å². The van der Waals surface area contributed by atoms with Gasteiger partial charge in [0.05, 0.1) is 30.5 Å². The van der Waals surface area contributed by atoms with Crippen LogP contribution in [0.3, 0.4) is 0 Å². The third-order valence-electron chi connectivity index (χ3n) is 6.04. The van der Waals surface area contributed by atoms with Crippen LogP contribution in [0.15, 0.2) is 23.0 Å². The standard InChI is InChI=1S/C23H24ClNO6/c1-11(2)21-15-5-16(23(27)28)22(26)25(13-3-4-13)20(15)14-6-17(24)19(7-18(14)31-21)30-10-12-8-29-9-12/h5-7,11-13,21H,3-4,8-10H2,1-2H3,(H,27,28). The fourth-order valence-electron chi connectivity index (χ4n) is 4.20. The summed E-state index contributed by atoms with van der Waals surface area (Å²) in [4.78, 5) is 24.9. The summed E-state index contributed by atoms with van der Waals surface area (Å²) in [7, 11) is 0. The van der Waals surface area contributed by atoms with Crippen LogP contribution in [0.1, 0.15) is 54.8 Å². The fourth-order valence-corrected chi connectivity index (χ4v) is 4.42. The van der Waals surface area contributed by atoms with E-state index >= 15 is 0 Å². The summed E-state index contributed by atoms with van der Waals surface area (Å²) in [6, 6.07) is 5.01. The molecular formula is C23H24ClNO6. The van der Waals surface area contributed by atoms with Crippen molar-refractivity contribution < 1.29 is 24.1 Å². The molecule has 2 fully saturated rings. The summed E-state index contributed by atoms with van der Waals surface area (Å²) < 4.78 is 19.1. The van der Waals surface area contributed by atoms with Crippen LogP contribution in [0.25, 0.3) is 11.3 Å². The van der Waals surface area contributed by atoms with Crippen LogP contribution < -0.4 is 15.0 Å². The van der Waals surface area contributed by atoms with E-state index in [0.29, 0.717) is 59.1 Å². The predicted octanol–water partition coefficient (Wildman–Crippen LogP) is 4.32. The zero-order chi connectivity index (χ0) is 21.9. The number of benzene rings is 1. The molecule has 7 nitrogen and oxygen atoms in total. The first-order valence-corrected chi connectivity index (χ1v) is 11.0. The maximum absolute atomic E-state index is 13.1. The van der Waals surface area contributed by atoms with Gasteiger partial charge in [-0.05, 0) is 30.9 Å². The van der Waals surface area contributed by atoms with Crippen LogP contribution in [0, 0.1) is 11.8 Å². The van der Waals surface area contributed by atoms with E-state index in [-0.39, 0.29) is 23.6 Å². The Bertz CT molecular complexity index is 1120. The molecule has 1 aromatic heterocycles. The summed E-state index contributed by atoms with van der Waals surface area (Å²) in [5.41, 5.74) is 1.40. The normalized spacial score (nSPS) is 19.9. The summed E-state index contributed by atoms with van der Waals surface area (Å²) in [5, 5.41) is 10.0. The molecule has 1 unspecified atom stereocenters. The summed E-state index contributed by atoms with van der Waals surface area (Å²) in [6.07, 6.45) is 1.30. The van der Waals surface area contributed by atoms with E-state index in [9.17, 15) is 14.7 Å². The van der Waals surface area contributed by atoms with Gasteiger partial charge in [-0.15, -0.1) is 0 Å². The van der Waals surface area contributed by atoms with Gasteiger partial charge in [0.1, 0.15) is 23.2 Å². The Morgan fingerprint density at radius 1 is 1.29 bits per heavy atom. The molecule has 2 aromatic rings. The predicted molar refractivity (Wildman–Crippen MR) is 114 cm³/mol. The smallest absolute Gasteiger partial charge is 0.341 e. The molecule has 1 saturated carbocycles. The molecular weight excluding hydrogens is 422 g/mol. The Hall–Kier alpha value is -2.51. The summed E-state index contributed by atoms with van der Waals surface area (Å²) in [6.45, 7) is 5.90. The molecule has 1 saturated heterocycles. The second kappa shape index (κ2) is 7.57. The quantitative estimate of drug-likeness (QED) is 0.712. The van der Waals surface area contributed by atoms with Crippen LogP contribution in [-0.4, -0.2) is 35.5 Å². The fraction of sp³-hybridized carbons (Fsp3) is 0.478. The molecule has 1 aliphatic carbocycles. The Kier molecular flexibility index (Phi) is 4.98. The maximum atomic E-state index is 13.1. The second-order valence-corrected chi connectivity index (χ2v) is 9.26. The number of fused-ring (bicyclic) bond motifs is 3. The average molecular weight is 446 g/mol. The molecule has 0 bridgehead atoms. The highest BCUT2D eigenvalue weighted by molar-refractivity contribution is 6.32. The van der Waals surface area contributed by atoms with Crippen molar-refractivity contribution in [2.75, 3.05) is 19.8 Å². The summed E-state index contributed by atoms with van der Waals surface area (Å²) in [5.74, 6) is 0.308. The first kappa shape index (κ1) is 20.4. The molecule has 0 spiro atoms. The van der Waals surface area contributed by atoms with Gasteiger partial charge in [0, 0.05) is 29.2 Å². The minimum atomic E-state index is -1.22. The molecule has 1 N–H and O–H groups in total. The molecule has 3 heterocycles. The average Bonchev–Trinajstić information content (AvgIpc) is 3.51. The van der Waals surface area contributed by atoms with Crippen molar-refractivity contribution in [2.24, 2.45) is 11.8 Å². The van der Waals surface area contributed by atoms with E-state index in [0.717, 1.165) is 12.8 Å². The van der Waals surface area contributed by atoms with Crippen molar-refractivity contribution in [1.29, 1.82) is 0 Å². The van der Waals surface area contributed by atoms with Crippen molar-refractivity contribution in [2.45, 2.75) is 38.8 Å². The van der Waals surface area contributed by atoms with Crippen LogP contribution in [-0.2, 0) is 4.74 Å². The number of ether oxygens (including phenoxy) is 3. The third kappa shape index (κ3) is 3.49. The zero-order valence-corrected chi connectivity index (χ0v) is 18.1. The number of carboxylic acids is 1. The van der Waals surface area contributed by atoms with Crippen LogP contribution in [0.2, 0.25) is 5.02 Å². The number of hydrogen-bond donors (Lipinski definition) is 1. The maximum Gasteiger partial charge on any atom is 0.341 e. The molecule has 164 valence electrons. The molecule has 0 amide bonds. The lowest BCUT2D eigenvalue weighted by atomic mass is 9.90. The Balaban J connectivity index is 1.67. The van der Waals surface area contributed by atoms with Gasteiger partial charge < -0.3 is 23.9 Å². The highest BCUT2D eigenvalue weighted by Gasteiger charge is 2.38. The molecule has 5 rings (SSSR count).